The van der Waals surface area contributed by atoms with Crippen LogP contribution in [0.1, 0.15) is 17.2 Å². The Morgan fingerprint density at radius 2 is 1.95 bits per heavy atom. The van der Waals surface area contributed by atoms with E-state index in [4.69, 9.17) is 23.2 Å². The van der Waals surface area contributed by atoms with Gasteiger partial charge in [0.1, 0.15) is 5.82 Å². The smallest absolute Gasteiger partial charge is 0.123 e. The molecular weight excluding hydrogens is 364 g/mol. The first-order valence-corrected chi connectivity index (χ1v) is 7.62. The number of benzene rings is 2. The SMILES string of the molecule is CNC(Cc1cc(F)ccc1Cl)c1cc(Cl)ccc1Br. The minimum atomic E-state index is -0.288. The first-order valence-electron chi connectivity index (χ1n) is 6.07. The van der Waals surface area contributed by atoms with Crippen LogP contribution in [0, 0.1) is 5.82 Å². The Bertz CT molecular complexity index is 619. The maximum Gasteiger partial charge on any atom is 0.123 e. The van der Waals surface area contributed by atoms with Crippen LogP contribution < -0.4 is 5.32 Å². The summed E-state index contributed by atoms with van der Waals surface area (Å²) in [5.41, 5.74) is 1.78. The summed E-state index contributed by atoms with van der Waals surface area (Å²) in [5, 5.41) is 4.43. The van der Waals surface area contributed by atoms with Gasteiger partial charge in [0.15, 0.2) is 0 Å². The van der Waals surface area contributed by atoms with Crippen LogP contribution in [-0.2, 0) is 6.42 Å². The van der Waals surface area contributed by atoms with E-state index in [1.54, 1.807) is 6.07 Å². The molecule has 2 rings (SSSR count). The van der Waals surface area contributed by atoms with Crippen molar-refractivity contribution in [3.8, 4) is 0 Å². The van der Waals surface area contributed by atoms with Gasteiger partial charge in [-0.2, -0.15) is 0 Å². The van der Waals surface area contributed by atoms with E-state index in [0.717, 1.165) is 15.6 Å². The second-order valence-corrected chi connectivity index (χ2v) is 6.14. The van der Waals surface area contributed by atoms with Crippen molar-refractivity contribution < 1.29 is 4.39 Å². The van der Waals surface area contributed by atoms with Gasteiger partial charge in [-0.15, -0.1) is 0 Å². The third-order valence-electron chi connectivity index (χ3n) is 3.11. The van der Waals surface area contributed by atoms with Crippen LogP contribution in [0.3, 0.4) is 0 Å². The zero-order valence-corrected chi connectivity index (χ0v) is 13.9. The Hall–Kier alpha value is -0.610. The van der Waals surface area contributed by atoms with E-state index >= 15 is 0 Å². The lowest BCUT2D eigenvalue weighted by atomic mass is 9.99. The zero-order chi connectivity index (χ0) is 14.7. The second kappa shape index (κ2) is 6.90. The molecule has 0 aliphatic heterocycles. The summed E-state index contributed by atoms with van der Waals surface area (Å²) in [5.74, 6) is -0.288. The lowest BCUT2D eigenvalue weighted by Crippen LogP contribution is -2.19. The normalized spacial score (nSPS) is 12.4. The largest absolute Gasteiger partial charge is 0.313 e. The number of hydrogen-bond donors (Lipinski definition) is 1. The molecule has 0 aromatic heterocycles. The molecule has 2 aromatic carbocycles. The minimum absolute atomic E-state index is 0.0117. The van der Waals surface area contributed by atoms with Crippen LogP contribution in [0.4, 0.5) is 4.39 Å². The van der Waals surface area contributed by atoms with Crippen molar-refractivity contribution in [3.05, 3.63) is 67.9 Å². The number of halogens is 4. The van der Waals surface area contributed by atoms with Crippen molar-refractivity contribution >= 4 is 39.1 Å². The number of rotatable bonds is 4. The number of likely N-dealkylation sites (N-methyl/N-ethyl adjacent to an activating group) is 1. The van der Waals surface area contributed by atoms with Gasteiger partial charge in [0.2, 0.25) is 0 Å². The maximum absolute atomic E-state index is 13.3. The monoisotopic (exact) mass is 375 g/mol. The van der Waals surface area contributed by atoms with Gasteiger partial charge in [-0.05, 0) is 61.0 Å². The van der Waals surface area contributed by atoms with Gasteiger partial charge in [-0.3, -0.25) is 0 Å². The fourth-order valence-electron chi connectivity index (χ4n) is 2.07. The Kier molecular flexibility index (Phi) is 5.44. The Morgan fingerprint density at radius 1 is 1.20 bits per heavy atom. The average Bonchev–Trinajstić information content (AvgIpc) is 2.42. The topological polar surface area (TPSA) is 12.0 Å². The number of nitrogens with one attached hydrogen (secondary N) is 1. The first kappa shape index (κ1) is 15.8. The molecule has 0 radical (unpaired) electrons. The Labute approximate surface area is 136 Å². The summed E-state index contributed by atoms with van der Waals surface area (Å²) in [6.45, 7) is 0. The molecule has 20 heavy (non-hydrogen) atoms. The zero-order valence-electron chi connectivity index (χ0n) is 10.8. The molecule has 1 unspecified atom stereocenters. The summed E-state index contributed by atoms with van der Waals surface area (Å²) in [4.78, 5) is 0. The van der Waals surface area contributed by atoms with Gasteiger partial charge in [-0.25, -0.2) is 4.39 Å². The first-order chi connectivity index (χ1) is 9.51. The molecule has 0 saturated heterocycles. The summed E-state index contributed by atoms with van der Waals surface area (Å²) < 4.78 is 14.3. The van der Waals surface area contributed by atoms with Gasteiger partial charge in [0, 0.05) is 20.6 Å². The Morgan fingerprint density at radius 3 is 2.65 bits per heavy atom. The van der Waals surface area contributed by atoms with Crippen molar-refractivity contribution in [1.82, 2.24) is 5.32 Å². The molecule has 0 saturated carbocycles. The average molecular weight is 377 g/mol. The van der Waals surface area contributed by atoms with Crippen molar-refractivity contribution in [2.75, 3.05) is 7.05 Å². The van der Waals surface area contributed by atoms with Gasteiger partial charge in [0.25, 0.3) is 0 Å². The van der Waals surface area contributed by atoms with E-state index in [2.05, 4.69) is 21.2 Å². The van der Waals surface area contributed by atoms with E-state index in [-0.39, 0.29) is 11.9 Å². The van der Waals surface area contributed by atoms with E-state index in [0.29, 0.717) is 16.5 Å². The van der Waals surface area contributed by atoms with Crippen LogP contribution in [0.2, 0.25) is 10.0 Å². The molecule has 2 aromatic rings. The highest BCUT2D eigenvalue weighted by atomic mass is 79.9. The van der Waals surface area contributed by atoms with Gasteiger partial charge >= 0.3 is 0 Å². The highest BCUT2D eigenvalue weighted by molar-refractivity contribution is 9.10. The molecule has 0 fully saturated rings. The van der Waals surface area contributed by atoms with E-state index in [1.807, 2.05) is 25.2 Å². The fourth-order valence-corrected chi connectivity index (χ4v) is 2.97. The molecule has 0 bridgehead atoms. The van der Waals surface area contributed by atoms with Crippen molar-refractivity contribution in [1.29, 1.82) is 0 Å². The summed E-state index contributed by atoms with van der Waals surface area (Å²) in [6, 6.07) is 9.99. The van der Waals surface area contributed by atoms with E-state index < -0.39 is 0 Å². The van der Waals surface area contributed by atoms with Crippen molar-refractivity contribution in [3.63, 3.8) is 0 Å². The lowest BCUT2D eigenvalue weighted by molar-refractivity contribution is 0.582. The number of hydrogen-bond acceptors (Lipinski definition) is 1. The summed E-state index contributed by atoms with van der Waals surface area (Å²) in [6.07, 6.45) is 0.575. The molecule has 0 heterocycles. The molecule has 1 nitrogen and oxygen atoms in total. The lowest BCUT2D eigenvalue weighted by Gasteiger charge is -2.19. The molecular formula is C15H13BrCl2FN. The molecule has 0 aliphatic rings. The third kappa shape index (κ3) is 3.73. The standard InChI is InChI=1S/C15H13BrCl2FN/c1-20-15(12-8-10(17)2-4-13(12)16)7-9-6-11(19)3-5-14(9)18/h2-6,8,15,20H,7H2,1H3. The van der Waals surface area contributed by atoms with Crippen molar-refractivity contribution in [2.45, 2.75) is 12.5 Å². The second-order valence-electron chi connectivity index (χ2n) is 4.45. The molecule has 106 valence electrons. The van der Waals surface area contributed by atoms with Gasteiger partial charge in [-0.1, -0.05) is 39.1 Å². The van der Waals surface area contributed by atoms with Crippen LogP contribution in [0.5, 0.6) is 0 Å². The fraction of sp³-hybridized carbons (Fsp3) is 0.200. The molecule has 0 amide bonds. The van der Waals surface area contributed by atoms with E-state index in [9.17, 15) is 4.39 Å². The van der Waals surface area contributed by atoms with E-state index in [1.165, 1.54) is 12.1 Å². The summed E-state index contributed by atoms with van der Waals surface area (Å²) in [7, 11) is 1.85. The van der Waals surface area contributed by atoms with Crippen LogP contribution >= 0.6 is 39.1 Å². The molecule has 1 atom stereocenters. The van der Waals surface area contributed by atoms with Crippen LogP contribution in [0.25, 0.3) is 0 Å². The third-order valence-corrected chi connectivity index (χ3v) is 4.44. The molecule has 5 heteroatoms. The molecule has 0 spiro atoms. The Balaban J connectivity index is 2.33. The van der Waals surface area contributed by atoms with Crippen LogP contribution in [-0.4, -0.2) is 7.05 Å². The van der Waals surface area contributed by atoms with Crippen LogP contribution in [0.15, 0.2) is 40.9 Å². The quantitative estimate of drug-likeness (QED) is 0.753. The predicted octanol–water partition coefficient (Wildman–Crippen LogP) is 5.40. The highest BCUT2D eigenvalue weighted by Crippen LogP contribution is 2.30. The summed E-state index contributed by atoms with van der Waals surface area (Å²) >= 11 is 15.7. The predicted molar refractivity (Wildman–Crippen MR) is 86.1 cm³/mol. The van der Waals surface area contributed by atoms with Crippen molar-refractivity contribution in [2.24, 2.45) is 0 Å². The molecule has 0 aliphatic carbocycles. The molecule has 1 N–H and O–H groups in total. The van der Waals surface area contributed by atoms with Gasteiger partial charge in [0.05, 0.1) is 0 Å². The minimum Gasteiger partial charge on any atom is -0.313 e. The maximum atomic E-state index is 13.3. The highest BCUT2D eigenvalue weighted by Gasteiger charge is 2.16. The van der Waals surface area contributed by atoms with Gasteiger partial charge < -0.3 is 5.32 Å².